The maximum Gasteiger partial charge on any atom is 0.109 e. The molecule has 2 nitrogen and oxygen atoms in total. The number of hydrogen-bond donors (Lipinski definition) is 1. The molecule has 0 fully saturated rings. The summed E-state index contributed by atoms with van der Waals surface area (Å²) >= 11 is 8.58. The molecule has 0 aliphatic heterocycles. The van der Waals surface area contributed by atoms with E-state index in [4.69, 9.17) is 0 Å². The molecule has 0 unspecified atom stereocenters. The molecule has 0 spiro atoms. The summed E-state index contributed by atoms with van der Waals surface area (Å²) < 4.78 is 2.06. The van der Waals surface area contributed by atoms with Crippen LogP contribution in [0.5, 0.6) is 0 Å². The van der Waals surface area contributed by atoms with Crippen molar-refractivity contribution in [3.8, 4) is 0 Å². The van der Waals surface area contributed by atoms with Crippen LogP contribution in [-0.2, 0) is 6.54 Å². The van der Waals surface area contributed by atoms with Crippen LogP contribution >= 0.6 is 43.2 Å². The molecule has 1 N–H and O–H groups in total. The SMILES string of the molecule is Cc1cc(NCc2ccc(Br)s2)cnc1Br. The lowest BCUT2D eigenvalue weighted by Gasteiger charge is -2.05. The highest BCUT2D eigenvalue weighted by Gasteiger charge is 2.00. The molecule has 2 aromatic rings. The predicted molar refractivity (Wildman–Crippen MR) is 76.0 cm³/mol. The van der Waals surface area contributed by atoms with Crippen LogP contribution in [0.1, 0.15) is 10.4 Å². The van der Waals surface area contributed by atoms with Crippen molar-refractivity contribution in [2.75, 3.05) is 5.32 Å². The molecular formula is C11H10Br2N2S. The number of nitrogens with one attached hydrogen (secondary N) is 1. The third kappa shape index (κ3) is 3.06. The molecule has 0 aliphatic carbocycles. The lowest BCUT2D eigenvalue weighted by Crippen LogP contribution is -1.98. The van der Waals surface area contributed by atoms with Crippen molar-refractivity contribution in [1.29, 1.82) is 0 Å². The maximum atomic E-state index is 4.24. The molecule has 0 bridgehead atoms. The van der Waals surface area contributed by atoms with E-state index in [0.29, 0.717) is 0 Å². The molecule has 16 heavy (non-hydrogen) atoms. The predicted octanol–water partition coefficient (Wildman–Crippen LogP) is 4.59. The maximum absolute atomic E-state index is 4.24. The first-order valence-electron chi connectivity index (χ1n) is 4.75. The molecule has 0 radical (unpaired) electrons. The van der Waals surface area contributed by atoms with E-state index in [-0.39, 0.29) is 0 Å². The number of thiophene rings is 1. The van der Waals surface area contributed by atoms with E-state index in [1.54, 1.807) is 11.3 Å². The molecule has 0 saturated heterocycles. The summed E-state index contributed by atoms with van der Waals surface area (Å²) in [6, 6.07) is 6.26. The first kappa shape index (κ1) is 12.1. The molecule has 2 heterocycles. The van der Waals surface area contributed by atoms with Gasteiger partial charge >= 0.3 is 0 Å². The largest absolute Gasteiger partial charge is 0.379 e. The fraction of sp³-hybridized carbons (Fsp3) is 0.182. The second-order valence-corrected chi connectivity index (χ2v) is 6.69. The van der Waals surface area contributed by atoms with Gasteiger partial charge in [-0.1, -0.05) is 0 Å². The number of nitrogens with zero attached hydrogens (tertiary/aromatic N) is 1. The Balaban J connectivity index is 2.02. The quantitative estimate of drug-likeness (QED) is 0.809. The summed E-state index contributed by atoms with van der Waals surface area (Å²) in [4.78, 5) is 5.54. The minimum atomic E-state index is 0.832. The Bertz CT molecular complexity index is 496. The summed E-state index contributed by atoms with van der Waals surface area (Å²) in [5.41, 5.74) is 2.18. The van der Waals surface area contributed by atoms with Crippen LogP contribution in [0.2, 0.25) is 0 Å². The number of aryl methyl sites for hydroxylation is 1. The Morgan fingerprint density at radius 3 is 2.81 bits per heavy atom. The van der Waals surface area contributed by atoms with Crippen molar-refractivity contribution in [2.24, 2.45) is 0 Å². The first-order valence-corrected chi connectivity index (χ1v) is 7.15. The second kappa shape index (κ2) is 5.29. The van der Waals surface area contributed by atoms with E-state index in [0.717, 1.165) is 26.2 Å². The number of hydrogen-bond acceptors (Lipinski definition) is 3. The standard InChI is InChI=1S/C11H10Br2N2S/c1-7-4-8(5-15-11(7)13)14-6-9-2-3-10(12)16-9/h2-5,14H,6H2,1H3. The van der Waals surface area contributed by atoms with Crippen molar-refractivity contribution in [2.45, 2.75) is 13.5 Å². The number of pyridine rings is 1. The highest BCUT2D eigenvalue weighted by molar-refractivity contribution is 9.11. The first-order chi connectivity index (χ1) is 7.65. The molecule has 0 amide bonds. The van der Waals surface area contributed by atoms with Crippen molar-refractivity contribution in [3.63, 3.8) is 0 Å². The van der Waals surface area contributed by atoms with Gasteiger partial charge in [-0.05, 0) is 62.5 Å². The minimum absolute atomic E-state index is 0.832. The van der Waals surface area contributed by atoms with Crippen molar-refractivity contribution < 1.29 is 0 Å². The van der Waals surface area contributed by atoms with Crippen LogP contribution in [0.4, 0.5) is 5.69 Å². The number of aromatic nitrogens is 1. The van der Waals surface area contributed by atoms with Crippen LogP contribution < -0.4 is 5.32 Å². The van der Waals surface area contributed by atoms with Crippen LogP contribution in [0, 0.1) is 6.92 Å². The third-order valence-electron chi connectivity index (χ3n) is 2.11. The van der Waals surface area contributed by atoms with Gasteiger partial charge in [0.25, 0.3) is 0 Å². The van der Waals surface area contributed by atoms with E-state index >= 15 is 0 Å². The fourth-order valence-electron chi connectivity index (χ4n) is 1.29. The van der Waals surface area contributed by atoms with Crippen LogP contribution in [0.3, 0.4) is 0 Å². The molecule has 0 saturated carbocycles. The van der Waals surface area contributed by atoms with E-state index in [1.807, 2.05) is 13.1 Å². The molecule has 5 heteroatoms. The van der Waals surface area contributed by atoms with Gasteiger partial charge < -0.3 is 5.32 Å². The summed E-state index contributed by atoms with van der Waals surface area (Å²) in [6.45, 7) is 2.86. The van der Waals surface area contributed by atoms with Gasteiger partial charge in [0.05, 0.1) is 15.7 Å². The van der Waals surface area contributed by atoms with Crippen molar-refractivity contribution >= 4 is 48.9 Å². The topological polar surface area (TPSA) is 24.9 Å². The molecule has 2 rings (SSSR count). The Morgan fingerprint density at radius 2 is 2.19 bits per heavy atom. The zero-order chi connectivity index (χ0) is 11.5. The van der Waals surface area contributed by atoms with Gasteiger partial charge in [-0.2, -0.15) is 0 Å². The fourth-order valence-corrected chi connectivity index (χ4v) is 2.93. The molecule has 0 atom stereocenters. The summed E-state index contributed by atoms with van der Waals surface area (Å²) in [7, 11) is 0. The van der Waals surface area contributed by atoms with Gasteiger partial charge in [-0.3, -0.25) is 0 Å². The molecule has 84 valence electrons. The summed E-state index contributed by atoms with van der Waals surface area (Å²) in [5.74, 6) is 0. The third-order valence-corrected chi connectivity index (χ3v) is 4.56. The summed E-state index contributed by atoms with van der Waals surface area (Å²) in [6.07, 6.45) is 1.83. The van der Waals surface area contributed by atoms with E-state index < -0.39 is 0 Å². The lowest BCUT2D eigenvalue weighted by molar-refractivity contribution is 1.15. The highest BCUT2D eigenvalue weighted by atomic mass is 79.9. The van der Waals surface area contributed by atoms with Gasteiger partial charge in [0.2, 0.25) is 0 Å². The highest BCUT2D eigenvalue weighted by Crippen LogP contribution is 2.23. The molecule has 2 aromatic heterocycles. The van der Waals surface area contributed by atoms with Gasteiger partial charge in [-0.25, -0.2) is 4.98 Å². The lowest BCUT2D eigenvalue weighted by atomic mass is 10.3. The number of rotatable bonds is 3. The van der Waals surface area contributed by atoms with Crippen molar-refractivity contribution in [3.05, 3.63) is 43.2 Å². The van der Waals surface area contributed by atoms with Gasteiger partial charge in [0, 0.05) is 11.4 Å². The second-order valence-electron chi connectivity index (χ2n) is 3.39. The monoisotopic (exact) mass is 360 g/mol. The smallest absolute Gasteiger partial charge is 0.109 e. The molecule has 0 aliphatic rings. The molecule has 0 aromatic carbocycles. The molecular weight excluding hydrogens is 352 g/mol. The zero-order valence-electron chi connectivity index (χ0n) is 8.63. The van der Waals surface area contributed by atoms with Gasteiger partial charge in [-0.15, -0.1) is 11.3 Å². The van der Waals surface area contributed by atoms with Crippen molar-refractivity contribution in [1.82, 2.24) is 4.98 Å². The van der Waals surface area contributed by atoms with Crippen LogP contribution in [0.15, 0.2) is 32.8 Å². The Labute approximate surface area is 115 Å². The average molecular weight is 362 g/mol. The zero-order valence-corrected chi connectivity index (χ0v) is 12.6. The number of anilines is 1. The minimum Gasteiger partial charge on any atom is -0.379 e. The number of halogens is 2. The normalized spacial score (nSPS) is 10.4. The average Bonchev–Trinajstić information content (AvgIpc) is 2.66. The van der Waals surface area contributed by atoms with Gasteiger partial charge in [0.15, 0.2) is 0 Å². The van der Waals surface area contributed by atoms with E-state index in [2.05, 4.69) is 60.4 Å². The summed E-state index contributed by atoms with van der Waals surface area (Å²) in [5, 5.41) is 3.35. The van der Waals surface area contributed by atoms with Gasteiger partial charge in [0.1, 0.15) is 4.60 Å². The Kier molecular flexibility index (Phi) is 4.00. The van der Waals surface area contributed by atoms with E-state index in [9.17, 15) is 0 Å². The van der Waals surface area contributed by atoms with Crippen LogP contribution in [0.25, 0.3) is 0 Å². The Hall–Kier alpha value is -0.390. The Morgan fingerprint density at radius 1 is 1.38 bits per heavy atom. The van der Waals surface area contributed by atoms with E-state index in [1.165, 1.54) is 4.88 Å². The van der Waals surface area contributed by atoms with Crippen LogP contribution in [-0.4, -0.2) is 4.98 Å².